The molecule has 0 saturated heterocycles. The van der Waals surface area contributed by atoms with Gasteiger partial charge in [-0.25, -0.2) is 9.50 Å². The molecule has 1 aliphatic heterocycles. The standard InChI is InChI=1S/C19H23N7O2/c1-12-7-18-21-17(8-13(2)26(18)22-12)19(28)20-10-15-9-16-11-24(14(3)27)5-4-6-25(16)23-15/h7-9H,4-6,10-11H2,1-3H3,(H,20,28). The SMILES string of the molecule is CC(=O)N1CCCn2nc(CNC(=O)c3cc(C)n4nc(C)cc4n3)cc2C1. The molecule has 3 aromatic rings. The number of carbonyl (C=O) groups is 2. The molecule has 3 aromatic heterocycles. The van der Waals surface area contributed by atoms with Crippen molar-refractivity contribution < 1.29 is 9.59 Å². The van der Waals surface area contributed by atoms with Crippen molar-refractivity contribution >= 4 is 17.5 Å². The molecular formula is C19H23N7O2. The Balaban J connectivity index is 1.47. The second kappa shape index (κ2) is 7.06. The maximum atomic E-state index is 12.6. The summed E-state index contributed by atoms with van der Waals surface area (Å²) in [4.78, 5) is 30.5. The molecule has 2 amide bonds. The number of hydrogen-bond acceptors (Lipinski definition) is 5. The summed E-state index contributed by atoms with van der Waals surface area (Å²) in [7, 11) is 0. The van der Waals surface area contributed by atoms with Gasteiger partial charge in [-0.1, -0.05) is 0 Å². The molecule has 0 radical (unpaired) electrons. The van der Waals surface area contributed by atoms with Crippen LogP contribution in [0.15, 0.2) is 18.2 Å². The minimum absolute atomic E-state index is 0.0662. The molecule has 9 nitrogen and oxygen atoms in total. The molecular weight excluding hydrogens is 358 g/mol. The zero-order valence-corrected chi connectivity index (χ0v) is 16.3. The lowest BCUT2D eigenvalue weighted by molar-refractivity contribution is -0.129. The molecule has 0 aromatic carbocycles. The molecule has 4 heterocycles. The molecule has 4 rings (SSSR count). The van der Waals surface area contributed by atoms with Crippen molar-refractivity contribution in [2.45, 2.75) is 46.8 Å². The Morgan fingerprint density at radius 3 is 2.75 bits per heavy atom. The summed E-state index contributed by atoms with van der Waals surface area (Å²) >= 11 is 0. The first-order valence-electron chi connectivity index (χ1n) is 9.34. The van der Waals surface area contributed by atoms with Gasteiger partial charge >= 0.3 is 0 Å². The van der Waals surface area contributed by atoms with Crippen LogP contribution in [0.25, 0.3) is 5.65 Å². The molecule has 0 atom stereocenters. The summed E-state index contributed by atoms with van der Waals surface area (Å²) in [6.45, 7) is 7.74. The lowest BCUT2D eigenvalue weighted by Crippen LogP contribution is -2.28. The third-order valence-electron chi connectivity index (χ3n) is 4.90. The van der Waals surface area contributed by atoms with Crippen LogP contribution in [0, 0.1) is 13.8 Å². The molecule has 0 fully saturated rings. The normalized spacial score (nSPS) is 14.0. The number of carbonyl (C=O) groups excluding carboxylic acids is 2. The van der Waals surface area contributed by atoms with Gasteiger partial charge in [0.15, 0.2) is 5.65 Å². The molecule has 146 valence electrons. The first-order chi connectivity index (χ1) is 13.4. The topological polar surface area (TPSA) is 97.4 Å². The number of hydrogen-bond donors (Lipinski definition) is 1. The van der Waals surface area contributed by atoms with E-state index in [1.165, 1.54) is 0 Å². The maximum Gasteiger partial charge on any atom is 0.270 e. The predicted octanol–water partition coefficient (Wildman–Crippen LogP) is 1.22. The Morgan fingerprint density at radius 1 is 1.14 bits per heavy atom. The number of nitrogens with zero attached hydrogens (tertiary/aromatic N) is 6. The van der Waals surface area contributed by atoms with Crippen molar-refractivity contribution in [3.8, 4) is 0 Å². The lowest BCUT2D eigenvalue weighted by atomic mass is 10.3. The maximum absolute atomic E-state index is 12.6. The van der Waals surface area contributed by atoms with Gasteiger partial charge in [-0.2, -0.15) is 10.2 Å². The van der Waals surface area contributed by atoms with Gasteiger partial charge in [0, 0.05) is 31.8 Å². The Kier molecular flexibility index (Phi) is 4.58. The van der Waals surface area contributed by atoms with Crippen molar-refractivity contribution in [2.24, 2.45) is 0 Å². The number of amides is 2. The molecule has 1 N–H and O–H groups in total. The third kappa shape index (κ3) is 3.47. The van der Waals surface area contributed by atoms with E-state index >= 15 is 0 Å². The summed E-state index contributed by atoms with van der Waals surface area (Å²) in [6.07, 6.45) is 0.869. The molecule has 9 heteroatoms. The van der Waals surface area contributed by atoms with E-state index in [9.17, 15) is 9.59 Å². The van der Waals surface area contributed by atoms with E-state index in [1.54, 1.807) is 17.5 Å². The zero-order chi connectivity index (χ0) is 19.8. The van der Waals surface area contributed by atoms with Gasteiger partial charge in [0.2, 0.25) is 5.91 Å². The van der Waals surface area contributed by atoms with Crippen LogP contribution in [0.5, 0.6) is 0 Å². The van der Waals surface area contributed by atoms with Gasteiger partial charge in [-0.15, -0.1) is 0 Å². The largest absolute Gasteiger partial charge is 0.345 e. The average molecular weight is 381 g/mol. The van der Waals surface area contributed by atoms with Gasteiger partial charge in [-0.3, -0.25) is 14.3 Å². The van der Waals surface area contributed by atoms with Crippen molar-refractivity contribution in [2.75, 3.05) is 6.54 Å². The van der Waals surface area contributed by atoms with Crippen molar-refractivity contribution in [3.05, 3.63) is 46.7 Å². The predicted molar refractivity (Wildman–Crippen MR) is 102 cm³/mol. The van der Waals surface area contributed by atoms with Gasteiger partial charge in [0.1, 0.15) is 5.69 Å². The van der Waals surface area contributed by atoms with E-state index < -0.39 is 0 Å². The van der Waals surface area contributed by atoms with Gasteiger partial charge < -0.3 is 10.2 Å². The average Bonchev–Trinajstić information content (AvgIpc) is 3.15. The highest BCUT2D eigenvalue weighted by molar-refractivity contribution is 5.92. The van der Waals surface area contributed by atoms with E-state index in [0.29, 0.717) is 24.4 Å². The molecule has 0 spiro atoms. The molecule has 1 aliphatic rings. The Hall–Kier alpha value is -3.23. The van der Waals surface area contributed by atoms with E-state index in [2.05, 4.69) is 20.5 Å². The Bertz CT molecular complexity index is 1070. The smallest absolute Gasteiger partial charge is 0.270 e. The zero-order valence-electron chi connectivity index (χ0n) is 16.3. The number of rotatable bonds is 3. The fraction of sp³-hybridized carbons (Fsp3) is 0.421. The molecule has 0 bridgehead atoms. The van der Waals surface area contributed by atoms with Crippen LogP contribution < -0.4 is 5.32 Å². The number of nitrogens with one attached hydrogen (secondary N) is 1. The highest BCUT2D eigenvalue weighted by atomic mass is 16.2. The minimum Gasteiger partial charge on any atom is -0.345 e. The van der Waals surface area contributed by atoms with E-state index in [4.69, 9.17) is 0 Å². The second-order valence-corrected chi connectivity index (χ2v) is 7.17. The monoisotopic (exact) mass is 381 g/mol. The van der Waals surface area contributed by atoms with Gasteiger partial charge in [-0.05, 0) is 32.4 Å². The summed E-state index contributed by atoms with van der Waals surface area (Å²) in [6, 6.07) is 5.52. The van der Waals surface area contributed by atoms with Crippen LogP contribution in [0.3, 0.4) is 0 Å². The highest BCUT2D eigenvalue weighted by Gasteiger charge is 2.19. The van der Waals surface area contributed by atoms with Crippen molar-refractivity contribution in [1.29, 1.82) is 0 Å². The number of aromatic nitrogens is 5. The van der Waals surface area contributed by atoms with Gasteiger partial charge in [0.25, 0.3) is 5.91 Å². The fourth-order valence-corrected chi connectivity index (χ4v) is 3.49. The number of fused-ring (bicyclic) bond motifs is 2. The molecule has 0 aliphatic carbocycles. The lowest BCUT2D eigenvalue weighted by Gasteiger charge is -2.17. The summed E-state index contributed by atoms with van der Waals surface area (Å²) < 4.78 is 3.65. The van der Waals surface area contributed by atoms with Crippen LogP contribution in [-0.2, 0) is 24.4 Å². The van der Waals surface area contributed by atoms with E-state index in [0.717, 1.165) is 42.3 Å². The van der Waals surface area contributed by atoms with Crippen molar-refractivity contribution in [3.63, 3.8) is 0 Å². The first-order valence-corrected chi connectivity index (χ1v) is 9.34. The van der Waals surface area contributed by atoms with Gasteiger partial charge in [0.05, 0.1) is 30.2 Å². The van der Waals surface area contributed by atoms with Crippen LogP contribution in [-0.4, -0.2) is 47.6 Å². The third-order valence-corrected chi connectivity index (χ3v) is 4.90. The highest BCUT2D eigenvalue weighted by Crippen LogP contribution is 2.14. The summed E-state index contributed by atoms with van der Waals surface area (Å²) in [5, 5.41) is 11.8. The van der Waals surface area contributed by atoms with Crippen LogP contribution in [0.4, 0.5) is 0 Å². The fourth-order valence-electron chi connectivity index (χ4n) is 3.49. The first kappa shape index (κ1) is 18.1. The summed E-state index contributed by atoms with van der Waals surface area (Å²) in [5.74, 6) is -0.186. The van der Waals surface area contributed by atoms with E-state index in [1.807, 2.05) is 35.6 Å². The van der Waals surface area contributed by atoms with Crippen LogP contribution in [0.2, 0.25) is 0 Å². The van der Waals surface area contributed by atoms with Crippen LogP contribution in [0.1, 0.15) is 46.6 Å². The Morgan fingerprint density at radius 2 is 1.96 bits per heavy atom. The quantitative estimate of drug-likeness (QED) is 0.736. The second-order valence-electron chi connectivity index (χ2n) is 7.17. The molecule has 28 heavy (non-hydrogen) atoms. The van der Waals surface area contributed by atoms with Crippen molar-refractivity contribution in [1.82, 2.24) is 34.6 Å². The van der Waals surface area contributed by atoms with Crippen LogP contribution >= 0.6 is 0 Å². The molecule has 0 unspecified atom stereocenters. The Labute approximate surface area is 162 Å². The molecule has 0 saturated carbocycles. The minimum atomic E-state index is -0.252. The summed E-state index contributed by atoms with van der Waals surface area (Å²) in [5.41, 5.74) is 4.47. The van der Waals surface area contributed by atoms with E-state index in [-0.39, 0.29) is 11.8 Å². The number of aryl methyl sites for hydroxylation is 3.